The Bertz CT molecular complexity index is 799. The maximum absolute atomic E-state index is 12.8. The van der Waals surface area contributed by atoms with E-state index in [0.29, 0.717) is 5.69 Å². The average molecular weight is 395 g/mol. The lowest BCUT2D eigenvalue weighted by Gasteiger charge is -2.27. The number of nitrogens with one attached hydrogen (secondary N) is 2. The molecule has 1 aromatic heterocycles. The molecule has 2 aromatic rings. The van der Waals surface area contributed by atoms with Gasteiger partial charge in [0.25, 0.3) is 0 Å². The van der Waals surface area contributed by atoms with Crippen LogP contribution in [0.15, 0.2) is 48.7 Å². The highest BCUT2D eigenvalue weighted by molar-refractivity contribution is 5.97. The summed E-state index contributed by atoms with van der Waals surface area (Å²) in [6, 6.07) is 12.7. The van der Waals surface area contributed by atoms with E-state index in [-0.39, 0.29) is 24.2 Å². The van der Waals surface area contributed by atoms with Crippen molar-refractivity contribution in [3.8, 4) is 0 Å². The van der Waals surface area contributed by atoms with Gasteiger partial charge in [0.15, 0.2) is 0 Å². The van der Waals surface area contributed by atoms with Crippen molar-refractivity contribution in [3.63, 3.8) is 0 Å². The predicted octanol–water partition coefficient (Wildman–Crippen LogP) is 3.39. The number of piperidine rings is 1. The second-order valence-corrected chi connectivity index (χ2v) is 7.89. The normalized spacial score (nSPS) is 15.1. The van der Waals surface area contributed by atoms with E-state index >= 15 is 0 Å². The number of carbonyl (C=O) groups is 2. The molecule has 2 N–H and O–H groups in total. The number of benzene rings is 1. The zero-order chi connectivity index (χ0) is 20.6. The summed E-state index contributed by atoms with van der Waals surface area (Å²) in [7, 11) is 0. The summed E-state index contributed by atoms with van der Waals surface area (Å²) in [5, 5.41) is 5.76. The monoisotopic (exact) mass is 394 g/mol. The highest BCUT2D eigenvalue weighted by Gasteiger charge is 2.24. The summed E-state index contributed by atoms with van der Waals surface area (Å²) in [6.07, 6.45) is 5.60. The molecule has 2 heterocycles. The van der Waals surface area contributed by atoms with Gasteiger partial charge in [-0.3, -0.25) is 9.59 Å². The number of pyridine rings is 1. The standard InChI is InChI=1S/C23H30N4O2/c1-17(2)22(26-21(28)15-18-9-5-3-6-10-18)23(29)25-19-11-12-20(24-16-19)27-13-7-4-8-14-27/h3,5-6,9-12,16-17,22H,4,7-8,13-15H2,1-2H3,(H,25,29)(H,26,28). The van der Waals surface area contributed by atoms with E-state index in [1.807, 2.05) is 56.3 Å². The third-order valence-electron chi connectivity index (χ3n) is 5.17. The van der Waals surface area contributed by atoms with Crippen LogP contribution in [0, 0.1) is 5.92 Å². The number of hydrogen-bond acceptors (Lipinski definition) is 4. The Morgan fingerprint density at radius 2 is 1.76 bits per heavy atom. The molecule has 6 nitrogen and oxygen atoms in total. The van der Waals surface area contributed by atoms with Crippen molar-refractivity contribution in [1.82, 2.24) is 10.3 Å². The molecule has 0 saturated carbocycles. The SMILES string of the molecule is CC(C)C(NC(=O)Cc1ccccc1)C(=O)Nc1ccc(N2CCCCC2)nc1. The van der Waals surface area contributed by atoms with E-state index in [1.54, 1.807) is 6.20 Å². The molecule has 0 bridgehead atoms. The molecule has 1 aromatic carbocycles. The minimum Gasteiger partial charge on any atom is -0.357 e. The Labute approximate surface area is 172 Å². The van der Waals surface area contributed by atoms with Crippen LogP contribution in [0.25, 0.3) is 0 Å². The lowest BCUT2D eigenvalue weighted by Crippen LogP contribution is -2.47. The number of aromatic nitrogens is 1. The fraction of sp³-hybridized carbons (Fsp3) is 0.435. The van der Waals surface area contributed by atoms with Crippen molar-refractivity contribution in [2.75, 3.05) is 23.3 Å². The molecule has 6 heteroatoms. The van der Waals surface area contributed by atoms with Crippen molar-refractivity contribution in [3.05, 3.63) is 54.2 Å². The van der Waals surface area contributed by atoms with Gasteiger partial charge in [-0.25, -0.2) is 4.98 Å². The molecule has 1 fully saturated rings. The predicted molar refractivity (Wildman–Crippen MR) is 116 cm³/mol. The van der Waals surface area contributed by atoms with E-state index in [2.05, 4.69) is 20.5 Å². The van der Waals surface area contributed by atoms with Gasteiger partial charge < -0.3 is 15.5 Å². The van der Waals surface area contributed by atoms with Gasteiger partial charge in [0, 0.05) is 13.1 Å². The van der Waals surface area contributed by atoms with Crippen LogP contribution in [0.2, 0.25) is 0 Å². The molecule has 2 amide bonds. The van der Waals surface area contributed by atoms with Gasteiger partial charge in [-0.05, 0) is 42.9 Å². The maximum Gasteiger partial charge on any atom is 0.247 e. The van der Waals surface area contributed by atoms with Gasteiger partial charge in [0.1, 0.15) is 11.9 Å². The molecule has 154 valence electrons. The van der Waals surface area contributed by atoms with Gasteiger partial charge in [-0.1, -0.05) is 44.2 Å². The Balaban J connectivity index is 1.58. The van der Waals surface area contributed by atoms with Crippen molar-refractivity contribution < 1.29 is 9.59 Å². The Hall–Kier alpha value is -2.89. The number of rotatable bonds is 7. The molecule has 1 aliphatic rings. The molecule has 1 unspecified atom stereocenters. The molecular formula is C23H30N4O2. The number of carbonyl (C=O) groups excluding carboxylic acids is 2. The first-order valence-electron chi connectivity index (χ1n) is 10.4. The fourth-order valence-corrected chi connectivity index (χ4v) is 3.53. The quantitative estimate of drug-likeness (QED) is 0.755. The Kier molecular flexibility index (Phi) is 7.22. The first-order chi connectivity index (χ1) is 14.0. The number of hydrogen-bond donors (Lipinski definition) is 2. The minimum absolute atomic E-state index is 0.0321. The van der Waals surface area contributed by atoms with E-state index in [1.165, 1.54) is 19.3 Å². The first-order valence-corrected chi connectivity index (χ1v) is 10.4. The number of anilines is 2. The molecule has 29 heavy (non-hydrogen) atoms. The van der Waals surface area contributed by atoms with Crippen LogP contribution >= 0.6 is 0 Å². The molecule has 0 radical (unpaired) electrons. The highest BCUT2D eigenvalue weighted by Crippen LogP contribution is 2.19. The van der Waals surface area contributed by atoms with Crippen molar-refractivity contribution >= 4 is 23.3 Å². The largest absolute Gasteiger partial charge is 0.357 e. The first kappa shape index (κ1) is 20.8. The second kappa shape index (κ2) is 10.0. The topological polar surface area (TPSA) is 74.3 Å². The molecule has 0 spiro atoms. The highest BCUT2D eigenvalue weighted by atomic mass is 16.2. The van der Waals surface area contributed by atoms with Crippen LogP contribution in [0.4, 0.5) is 11.5 Å². The molecule has 1 atom stereocenters. The van der Waals surface area contributed by atoms with Crippen LogP contribution in [0.1, 0.15) is 38.7 Å². The lowest BCUT2D eigenvalue weighted by atomic mass is 10.0. The van der Waals surface area contributed by atoms with Crippen molar-refractivity contribution in [1.29, 1.82) is 0 Å². The van der Waals surface area contributed by atoms with E-state index < -0.39 is 6.04 Å². The third-order valence-corrected chi connectivity index (χ3v) is 5.17. The molecule has 0 aliphatic carbocycles. The van der Waals surface area contributed by atoms with Crippen molar-refractivity contribution in [2.45, 2.75) is 45.6 Å². The summed E-state index contributed by atoms with van der Waals surface area (Å²) in [6.45, 7) is 5.90. The van der Waals surface area contributed by atoms with Crippen LogP contribution in [-0.2, 0) is 16.0 Å². The summed E-state index contributed by atoms with van der Waals surface area (Å²) in [5.74, 6) is 0.520. The van der Waals surface area contributed by atoms with Crippen LogP contribution in [0.5, 0.6) is 0 Å². The summed E-state index contributed by atoms with van der Waals surface area (Å²) >= 11 is 0. The lowest BCUT2D eigenvalue weighted by molar-refractivity contribution is -0.127. The maximum atomic E-state index is 12.8. The van der Waals surface area contributed by atoms with Crippen LogP contribution < -0.4 is 15.5 Å². The molecule has 1 aliphatic heterocycles. The van der Waals surface area contributed by atoms with Crippen molar-refractivity contribution in [2.24, 2.45) is 5.92 Å². The number of nitrogens with zero attached hydrogens (tertiary/aromatic N) is 2. The average Bonchev–Trinajstić information content (AvgIpc) is 2.73. The molecular weight excluding hydrogens is 364 g/mol. The van der Waals surface area contributed by atoms with E-state index in [9.17, 15) is 9.59 Å². The fourth-order valence-electron chi connectivity index (χ4n) is 3.53. The van der Waals surface area contributed by atoms with Gasteiger partial charge in [-0.15, -0.1) is 0 Å². The minimum atomic E-state index is -0.604. The third kappa shape index (κ3) is 6.04. The van der Waals surface area contributed by atoms with Gasteiger partial charge >= 0.3 is 0 Å². The zero-order valence-corrected chi connectivity index (χ0v) is 17.2. The smallest absolute Gasteiger partial charge is 0.247 e. The number of amides is 2. The van der Waals surface area contributed by atoms with Crippen LogP contribution in [-0.4, -0.2) is 35.9 Å². The van der Waals surface area contributed by atoms with E-state index in [4.69, 9.17) is 0 Å². The zero-order valence-electron chi connectivity index (χ0n) is 17.2. The van der Waals surface area contributed by atoms with Gasteiger partial charge in [0.2, 0.25) is 11.8 Å². The summed E-state index contributed by atoms with van der Waals surface area (Å²) in [4.78, 5) is 31.9. The van der Waals surface area contributed by atoms with E-state index in [0.717, 1.165) is 24.5 Å². The summed E-state index contributed by atoms with van der Waals surface area (Å²) in [5.41, 5.74) is 1.56. The summed E-state index contributed by atoms with van der Waals surface area (Å²) < 4.78 is 0. The Morgan fingerprint density at radius 3 is 2.38 bits per heavy atom. The van der Waals surface area contributed by atoms with Gasteiger partial charge in [-0.2, -0.15) is 0 Å². The Morgan fingerprint density at radius 1 is 1.03 bits per heavy atom. The van der Waals surface area contributed by atoms with Crippen LogP contribution in [0.3, 0.4) is 0 Å². The molecule has 1 saturated heterocycles. The molecule has 3 rings (SSSR count). The van der Waals surface area contributed by atoms with Gasteiger partial charge in [0.05, 0.1) is 18.3 Å². The second-order valence-electron chi connectivity index (χ2n) is 7.89.